The Labute approximate surface area is 42.3 Å². The Balaban J connectivity index is 0. The van der Waals surface area contributed by atoms with E-state index >= 15 is 0 Å². The molecular formula is C3H7GeN. The van der Waals surface area contributed by atoms with Crippen LogP contribution in [0.25, 0.3) is 0 Å². The fraction of sp³-hybridized carbons (Fsp3) is 0. The Morgan fingerprint density at radius 3 is 2.00 bits per heavy atom. The number of allylic oxidation sites excluding steroid dienone is 1. The van der Waals surface area contributed by atoms with Gasteiger partial charge >= 0.3 is 17.6 Å². The number of rotatable bonds is 0. The van der Waals surface area contributed by atoms with Gasteiger partial charge in [-0.05, 0) is 0 Å². The van der Waals surface area contributed by atoms with E-state index in [9.17, 15) is 0 Å². The SMILES string of the molecule is C=CC#N.[GeH4]. The summed E-state index contributed by atoms with van der Waals surface area (Å²) in [4.78, 5) is 0. The Hall–Kier alpha value is -0.227. The van der Waals surface area contributed by atoms with Crippen LogP contribution in [0.2, 0.25) is 0 Å². The van der Waals surface area contributed by atoms with Crippen molar-refractivity contribution in [3.63, 3.8) is 0 Å². The number of hydrogen-bond donors (Lipinski definition) is 0. The molecule has 0 unspecified atom stereocenters. The fourth-order valence-corrected chi connectivity index (χ4v) is 0. The second-order valence-corrected chi connectivity index (χ2v) is 0.333. The van der Waals surface area contributed by atoms with E-state index in [1.54, 1.807) is 6.07 Å². The number of nitriles is 1. The van der Waals surface area contributed by atoms with Crippen LogP contribution in [-0.4, -0.2) is 17.6 Å². The van der Waals surface area contributed by atoms with Gasteiger partial charge in [0, 0.05) is 6.08 Å². The van der Waals surface area contributed by atoms with E-state index in [1.165, 1.54) is 6.08 Å². The van der Waals surface area contributed by atoms with Crippen molar-refractivity contribution in [2.45, 2.75) is 0 Å². The minimum atomic E-state index is 0. The van der Waals surface area contributed by atoms with Crippen LogP contribution in [0.4, 0.5) is 0 Å². The monoisotopic (exact) mass is 131 g/mol. The Bertz CT molecular complexity index is 52.4. The van der Waals surface area contributed by atoms with Crippen LogP contribution in [0, 0.1) is 11.3 Å². The maximum atomic E-state index is 7.51. The van der Waals surface area contributed by atoms with Crippen molar-refractivity contribution in [3.05, 3.63) is 12.7 Å². The van der Waals surface area contributed by atoms with E-state index in [1.807, 2.05) is 0 Å². The standard InChI is InChI=1S/C3H3N.GeH4/c1-2-3-4;/h2H,1H2;1H4. The number of hydrogen-bond acceptors (Lipinski definition) is 1. The van der Waals surface area contributed by atoms with E-state index in [-0.39, 0.29) is 17.6 Å². The average Bonchev–Trinajstić information content (AvgIpc) is 1.37. The zero-order chi connectivity index (χ0) is 3.41. The fourth-order valence-electron chi connectivity index (χ4n) is 0. The van der Waals surface area contributed by atoms with Crippen LogP contribution in [0.3, 0.4) is 0 Å². The van der Waals surface area contributed by atoms with Gasteiger partial charge in [0.25, 0.3) is 0 Å². The molecule has 0 bridgehead atoms. The molecule has 0 amide bonds. The molecule has 0 aliphatic carbocycles. The van der Waals surface area contributed by atoms with Crippen LogP contribution >= 0.6 is 0 Å². The molecule has 1 nitrogen and oxygen atoms in total. The van der Waals surface area contributed by atoms with Crippen molar-refractivity contribution >= 4 is 17.6 Å². The third-order valence-corrected chi connectivity index (χ3v) is 0.0913. The number of nitrogens with zero attached hydrogens (tertiary/aromatic N) is 1. The van der Waals surface area contributed by atoms with Crippen LogP contribution in [0.15, 0.2) is 12.7 Å². The molecule has 0 rings (SSSR count). The third kappa shape index (κ3) is 19.9. The minimum absolute atomic E-state index is 0. The molecule has 0 aromatic carbocycles. The van der Waals surface area contributed by atoms with Crippen molar-refractivity contribution in [1.29, 1.82) is 5.26 Å². The second kappa shape index (κ2) is 9.23. The van der Waals surface area contributed by atoms with Crippen molar-refractivity contribution in [2.24, 2.45) is 0 Å². The predicted molar refractivity (Wildman–Crippen MR) is 27.1 cm³/mol. The molecule has 0 aromatic heterocycles. The van der Waals surface area contributed by atoms with E-state index in [4.69, 9.17) is 5.26 Å². The summed E-state index contributed by atoms with van der Waals surface area (Å²) in [6.07, 6.45) is 1.18. The van der Waals surface area contributed by atoms with E-state index in [0.29, 0.717) is 0 Å². The molecule has 2 heteroatoms. The molecule has 0 radical (unpaired) electrons. The summed E-state index contributed by atoms with van der Waals surface area (Å²) in [5, 5.41) is 7.51. The van der Waals surface area contributed by atoms with Crippen molar-refractivity contribution in [1.82, 2.24) is 0 Å². The molecule has 0 aromatic rings. The summed E-state index contributed by atoms with van der Waals surface area (Å²) in [5.74, 6) is 0. The first-order valence-electron chi connectivity index (χ1n) is 0.921. The van der Waals surface area contributed by atoms with Gasteiger partial charge in [-0.1, -0.05) is 6.58 Å². The summed E-state index contributed by atoms with van der Waals surface area (Å²) in [6, 6.07) is 1.69. The Morgan fingerprint density at radius 1 is 1.80 bits per heavy atom. The summed E-state index contributed by atoms with van der Waals surface area (Å²) in [7, 11) is 0. The molecule has 0 aliphatic rings. The summed E-state index contributed by atoms with van der Waals surface area (Å²) in [6.45, 7) is 3.12. The third-order valence-electron chi connectivity index (χ3n) is 0.0913. The van der Waals surface area contributed by atoms with Crippen molar-refractivity contribution < 1.29 is 0 Å². The van der Waals surface area contributed by atoms with Gasteiger partial charge in [-0.2, -0.15) is 5.26 Å². The molecule has 0 spiro atoms. The molecule has 0 saturated carbocycles. The summed E-state index contributed by atoms with van der Waals surface area (Å²) < 4.78 is 0. The quantitative estimate of drug-likeness (QED) is 0.312. The van der Waals surface area contributed by atoms with Gasteiger partial charge in [0.1, 0.15) is 0 Å². The van der Waals surface area contributed by atoms with Gasteiger partial charge in [0.05, 0.1) is 6.07 Å². The first kappa shape index (κ1) is 8.84. The van der Waals surface area contributed by atoms with Gasteiger partial charge < -0.3 is 0 Å². The van der Waals surface area contributed by atoms with E-state index < -0.39 is 0 Å². The van der Waals surface area contributed by atoms with Gasteiger partial charge in [-0.25, -0.2) is 0 Å². The maximum absolute atomic E-state index is 7.51. The van der Waals surface area contributed by atoms with Crippen LogP contribution in [0.1, 0.15) is 0 Å². The summed E-state index contributed by atoms with van der Waals surface area (Å²) >= 11 is 0. The predicted octanol–water partition coefficient (Wildman–Crippen LogP) is -0.756. The van der Waals surface area contributed by atoms with E-state index in [2.05, 4.69) is 6.58 Å². The van der Waals surface area contributed by atoms with Crippen LogP contribution < -0.4 is 0 Å². The molecule has 0 fully saturated rings. The second-order valence-electron chi connectivity index (χ2n) is 0.333. The summed E-state index contributed by atoms with van der Waals surface area (Å²) in [5.41, 5.74) is 0. The Kier molecular flexibility index (Phi) is 16.3. The first-order valence-corrected chi connectivity index (χ1v) is 0.921. The average molecular weight is 130 g/mol. The van der Waals surface area contributed by atoms with Gasteiger partial charge in [0.2, 0.25) is 0 Å². The molecule has 0 saturated heterocycles. The van der Waals surface area contributed by atoms with Gasteiger partial charge in [-0.3, -0.25) is 0 Å². The topological polar surface area (TPSA) is 23.8 Å². The van der Waals surface area contributed by atoms with Gasteiger partial charge in [-0.15, -0.1) is 0 Å². The molecular weight excluding hydrogens is 123 g/mol. The molecule has 0 atom stereocenters. The Morgan fingerprint density at radius 2 is 2.00 bits per heavy atom. The first-order chi connectivity index (χ1) is 1.91. The molecule has 0 heterocycles. The van der Waals surface area contributed by atoms with Gasteiger partial charge in [0.15, 0.2) is 0 Å². The van der Waals surface area contributed by atoms with Crippen LogP contribution in [0.5, 0.6) is 0 Å². The van der Waals surface area contributed by atoms with Crippen molar-refractivity contribution in [3.8, 4) is 6.07 Å². The van der Waals surface area contributed by atoms with Crippen LogP contribution in [-0.2, 0) is 0 Å². The normalized spacial score (nSPS) is 3.00. The zero-order valence-electron chi connectivity index (χ0n) is 2.23. The molecule has 28 valence electrons. The zero-order valence-corrected chi connectivity index (χ0v) is 2.23. The molecule has 0 aliphatic heterocycles. The molecule has 5 heavy (non-hydrogen) atoms. The van der Waals surface area contributed by atoms with Crippen molar-refractivity contribution in [2.75, 3.05) is 0 Å². The molecule has 0 N–H and O–H groups in total. The van der Waals surface area contributed by atoms with E-state index in [0.717, 1.165) is 0 Å².